The lowest BCUT2D eigenvalue weighted by Gasteiger charge is -2.04. The van der Waals surface area contributed by atoms with Crippen molar-refractivity contribution in [2.24, 2.45) is 0 Å². The average Bonchev–Trinajstić information content (AvgIpc) is 3.08. The highest BCUT2D eigenvalue weighted by atomic mass is 16.5. The van der Waals surface area contributed by atoms with Gasteiger partial charge in [-0.2, -0.15) is 4.98 Å². The van der Waals surface area contributed by atoms with Crippen molar-refractivity contribution in [1.82, 2.24) is 15.5 Å². The molecule has 0 saturated carbocycles. The Bertz CT molecular complexity index is 613. The van der Waals surface area contributed by atoms with Crippen molar-refractivity contribution in [3.63, 3.8) is 0 Å². The van der Waals surface area contributed by atoms with Gasteiger partial charge in [-0.25, -0.2) is 0 Å². The maximum absolute atomic E-state index is 9.56. The number of phenols is 1. The van der Waals surface area contributed by atoms with Crippen molar-refractivity contribution in [3.8, 4) is 22.9 Å². The van der Waals surface area contributed by atoms with Gasteiger partial charge in [0.2, 0.25) is 11.7 Å². The van der Waals surface area contributed by atoms with Gasteiger partial charge in [-0.1, -0.05) is 5.16 Å². The van der Waals surface area contributed by atoms with E-state index in [0.717, 1.165) is 0 Å². The number of benzene rings is 1. The summed E-state index contributed by atoms with van der Waals surface area (Å²) in [6.07, 6.45) is 0.171. The molecule has 1 aliphatic heterocycles. The van der Waals surface area contributed by atoms with Crippen molar-refractivity contribution in [2.45, 2.75) is 18.6 Å². The molecule has 0 radical (unpaired) electrons. The zero-order valence-corrected chi connectivity index (χ0v) is 10.9. The molecule has 2 aromatic rings. The Balaban J connectivity index is 1.86. The Morgan fingerprint density at radius 3 is 3.00 bits per heavy atom. The highest BCUT2D eigenvalue weighted by Crippen LogP contribution is 2.31. The molecule has 0 spiro atoms. The summed E-state index contributed by atoms with van der Waals surface area (Å²) in [6, 6.07) is 4.72. The zero-order valence-electron chi connectivity index (χ0n) is 10.9. The molecule has 3 rings (SSSR count). The van der Waals surface area contributed by atoms with Crippen LogP contribution in [0, 0.1) is 0 Å². The highest BCUT2D eigenvalue weighted by molar-refractivity contribution is 5.60. The third-order valence-electron chi connectivity index (χ3n) is 3.29. The van der Waals surface area contributed by atoms with Gasteiger partial charge in [-0.05, 0) is 24.6 Å². The number of hydrogen-bond donors (Lipinski definition) is 3. The molecule has 106 valence electrons. The van der Waals surface area contributed by atoms with Crippen LogP contribution in [0.5, 0.6) is 11.5 Å². The number of nitrogens with one attached hydrogen (secondary N) is 1. The standard InChI is InChI=1S/C13H15N3O4/c1-19-11-4-7(2-3-10(11)18)12-15-13(20-16-12)9-5-8(17)6-14-9/h2-4,8-9,14,17-18H,5-6H2,1H3/t8-,9-/m0/s1. The van der Waals surface area contributed by atoms with Crippen LogP contribution in [0.2, 0.25) is 0 Å². The zero-order chi connectivity index (χ0) is 14.1. The predicted octanol–water partition coefficient (Wildman–Crippen LogP) is 0.846. The number of aliphatic hydroxyl groups excluding tert-OH is 1. The summed E-state index contributed by atoms with van der Waals surface area (Å²) in [5, 5.41) is 26.1. The van der Waals surface area contributed by atoms with E-state index < -0.39 is 0 Å². The molecular formula is C13H15N3O4. The fraction of sp³-hybridized carbons (Fsp3) is 0.385. The lowest BCUT2D eigenvalue weighted by Crippen LogP contribution is -2.15. The molecule has 3 N–H and O–H groups in total. The minimum absolute atomic E-state index is 0.0561. The van der Waals surface area contributed by atoms with Crippen molar-refractivity contribution < 1.29 is 19.5 Å². The molecule has 20 heavy (non-hydrogen) atoms. The predicted molar refractivity (Wildman–Crippen MR) is 69.3 cm³/mol. The van der Waals surface area contributed by atoms with Gasteiger partial charge in [-0.3, -0.25) is 0 Å². The third-order valence-corrected chi connectivity index (χ3v) is 3.29. The van der Waals surface area contributed by atoms with Gasteiger partial charge in [0.05, 0.1) is 19.3 Å². The molecule has 7 nitrogen and oxygen atoms in total. The number of ether oxygens (including phenoxy) is 1. The Morgan fingerprint density at radius 1 is 1.45 bits per heavy atom. The van der Waals surface area contributed by atoms with E-state index in [1.54, 1.807) is 12.1 Å². The van der Waals surface area contributed by atoms with E-state index >= 15 is 0 Å². The summed E-state index contributed by atoms with van der Waals surface area (Å²) in [5.74, 6) is 1.27. The third kappa shape index (κ3) is 2.33. The molecule has 2 atom stereocenters. The van der Waals surface area contributed by atoms with Gasteiger partial charge >= 0.3 is 0 Å². The largest absolute Gasteiger partial charge is 0.504 e. The van der Waals surface area contributed by atoms with Crippen LogP contribution >= 0.6 is 0 Å². The molecule has 0 unspecified atom stereocenters. The van der Waals surface area contributed by atoms with Crippen LogP contribution in [0.4, 0.5) is 0 Å². The maximum Gasteiger partial charge on any atom is 0.244 e. The lowest BCUT2D eigenvalue weighted by atomic mass is 10.2. The summed E-state index contributed by atoms with van der Waals surface area (Å²) in [5.41, 5.74) is 0.688. The van der Waals surface area contributed by atoms with Gasteiger partial charge in [0.15, 0.2) is 11.5 Å². The van der Waals surface area contributed by atoms with Crippen molar-refractivity contribution >= 4 is 0 Å². The van der Waals surface area contributed by atoms with Crippen LogP contribution in [0.1, 0.15) is 18.4 Å². The van der Waals surface area contributed by atoms with E-state index in [4.69, 9.17) is 9.26 Å². The van der Waals surface area contributed by atoms with E-state index in [9.17, 15) is 10.2 Å². The summed E-state index contributed by atoms with van der Waals surface area (Å²) >= 11 is 0. The summed E-state index contributed by atoms with van der Waals surface area (Å²) < 4.78 is 10.3. The van der Waals surface area contributed by atoms with Gasteiger partial charge < -0.3 is 24.8 Å². The first-order chi connectivity index (χ1) is 9.67. The van der Waals surface area contributed by atoms with E-state index in [2.05, 4.69) is 15.5 Å². The minimum Gasteiger partial charge on any atom is -0.504 e. The Morgan fingerprint density at radius 2 is 2.30 bits per heavy atom. The van der Waals surface area contributed by atoms with Crippen LogP contribution in [0.3, 0.4) is 0 Å². The second kappa shape index (κ2) is 5.10. The average molecular weight is 277 g/mol. The normalized spacial score (nSPS) is 22.1. The monoisotopic (exact) mass is 277 g/mol. The highest BCUT2D eigenvalue weighted by Gasteiger charge is 2.28. The molecule has 1 saturated heterocycles. The van der Waals surface area contributed by atoms with Crippen LogP contribution in [-0.2, 0) is 0 Å². The number of aromatic hydroxyl groups is 1. The van der Waals surface area contributed by atoms with E-state index in [1.807, 2.05) is 0 Å². The first-order valence-electron chi connectivity index (χ1n) is 6.30. The van der Waals surface area contributed by atoms with E-state index in [0.29, 0.717) is 36.0 Å². The number of methoxy groups -OCH3 is 1. The van der Waals surface area contributed by atoms with E-state index in [1.165, 1.54) is 13.2 Å². The number of β-amino-alcohol motifs (C(OH)–C–C–N with tert-alkyl or cyclic N) is 1. The number of hydrogen-bond acceptors (Lipinski definition) is 7. The van der Waals surface area contributed by atoms with Crippen LogP contribution in [0.25, 0.3) is 11.4 Å². The maximum atomic E-state index is 9.56. The van der Waals surface area contributed by atoms with Crippen LogP contribution in [-0.4, -0.2) is 40.1 Å². The molecule has 0 amide bonds. The molecule has 1 fully saturated rings. The van der Waals surface area contributed by atoms with Crippen molar-refractivity contribution in [1.29, 1.82) is 0 Å². The Labute approximate surface area is 115 Å². The molecule has 0 bridgehead atoms. The lowest BCUT2D eigenvalue weighted by molar-refractivity contribution is 0.191. The SMILES string of the molecule is COc1cc(-c2noc([C@@H]3C[C@H](O)CN3)n2)ccc1O. The topological polar surface area (TPSA) is 101 Å². The van der Waals surface area contributed by atoms with Crippen molar-refractivity contribution in [3.05, 3.63) is 24.1 Å². The van der Waals surface area contributed by atoms with Gasteiger partial charge in [-0.15, -0.1) is 0 Å². The van der Waals surface area contributed by atoms with E-state index in [-0.39, 0.29) is 17.9 Å². The number of aromatic nitrogens is 2. The summed E-state index contributed by atoms with van der Waals surface area (Å²) in [6.45, 7) is 0.523. The van der Waals surface area contributed by atoms with Crippen LogP contribution in [0.15, 0.2) is 22.7 Å². The fourth-order valence-corrected chi connectivity index (χ4v) is 2.22. The molecular weight excluding hydrogens is 262 g/mol. The molecule has 2 heterocycles. The quantitative estimate of drug-likeness (QED) is 0.764. The second-order valence-corrected chi connectivity index (χ2v) is 4.69. The molecule has 7 heteroatoms. The Kier molecular flexibility index (Phi) is 3.29. The molecule has 0 aliphatic carbocycles. The van der Waals surface area contributed by atoms with Crippen molar-refractivity contribution in [2.75, 3.05) is 13.7 Å². The van der Waals surface area contributed by atoms with Gasteiger partial charge in [0.25, 0.3) is 0 Å². The second-order valence-electron chi connectivity index (χ2n) is 4.69. The summed E-state index contributed by atoms with van der Waals surface area (Å²) in [7, 11) is 1.48. The smallest absolute Gasteiger partial charge is 0.244 e. The fourth-order valence-electron chi connectivity index (χ4n) is 2.22. The first-order valence-corrected chi connectivity index (χ1v) is 6.30. The van der Waals surface area contributed by atoms with Gasteiger partial charge in [0.1, 0.15) is 0 Å². The summed E-state index contributed by atoms with van der Waals surface area (Å²) in [4.78, 5) is 4.31. The molecule has 1 aliphatic rings. The minimum atomic E-state index is -0.385. The van der Waals surface area contributed by atoms with Crippen LogP contribution < -0.4 is 10.1 Å². The Hall–Kier alpha value is -2.12. The molecule has 1 aromatic carbocycles. The number of nitrogens with zero attached hydrogens (tertiary/aromatic N) is 2. The number of phenolic OH excluding ortho intramolecular Hbond substituents is 1. The number of aliphatic hydroxyl groups is 1. The number of rotatable bonds is 3. The first kappa shape index (κ1) is 12.9. The molecule has 1 aromatic heterocycles. The van der Waals surface area contributed by atoms with Gasteiger partial charge in [0, 0.05) is 12.1 Å².